The Morgan fingerprint density at radius 3 is 0.870 bits per heavy atom. The van der Waals surface area contributed by atoms with Gasteiger partial charge >= 0.3 is 29.8 Å². The number of esters is 5. The minimum atomic E-state index is -3.09. The number of aliphatic hydroxyl groups is 1. The van der Waals surface area contributed by atoms with Crippen molar-refractivity contribution in [3.63, 3.8) is 0 Å². The van der Waals surface area contributed by atoms with Gasteiger partial charge in [0.05, 0.1) is 27.8 Å². The predicted octanol–water partition coefficient (Wildman–Crippen LogP) is 5.83. The normalized spacial score (nSPS) is 21.9. The molecule has 0 heterocycles. The lowest BCUT2D eigenvalue weighted by Gasteiger charge is -2.51. The Labute approximate surface area is 308 Å². The van der Waals surface area contributed by atoms with Crippen molar-refractivity contribution in [2.24, 2.45) is 0 Å². The zero-order chi connectivity index (χ0) is 38.1. The average molecular weight is 733 g/mol. The zero-order valence-corrected chi connectivity index (χ0v) is 28.4. The summed E-state index contributed by atoms with van der Waals surface area (Å²) in [6, 6.07) is 37.5. The molecule has 6 rings (SSSR count). The van der Waals surface area contributed by atoms with E-state index >= 15 is 4.39 Å². The van der Waals surface area contributed by atoms with Crippen LogP contribution in [0.1, 0.15) is 51.8 Å². The third-order valence-electron chi connectivity index (χ3n) is 8.69. The molecule has 0 aliphatic heterocycles. The molecule has 0 spiro atoms. The van der Waals surface area contributed by atoms with E-state index in [1.165, 1.54) is 84.9 Å². The summed E-state index contributed by atoms with van der Waals surface area (Å²) in [4.78, 5) is 68.6. The first-order valence-electron chi connectivity index (χ1n) is 16.8. The number of hydrogen-bond acceptors (Lipinski definition) is 11. The summed E-state index contributed by atoms with van der Waals surface area (Å²) in [5.74, 6) is -5.36. The van der Waals surface area contributed by atoms with Crippen LogP contribution in [0.3, 0.4) is 0 Å². The van der Waals surface area contributed by atoms with Gasteiger partial charge in [-0.05, 0) is 60.7 Å². The van der Waals surface area contributed by atoms with Gasteiger partial charge in [0.2, 0.25) is 0 Å². The van der Waals surface area contributed by atoms with E-state index in [0.29, 0.717) is 0 Å². The smallest absolute Gasteiger partial charge is 0.338 e. The van der Waals surface area contributed by atoms with Gasteiger partial charge in [0.15, 0.2) is 36.1 Å². The number of halogens is 1. The Morgan fingerprint density at radius 1 is 0.407 bits per heavy atom. The molecule has 1 aliphatic carbocycles. The Balaban J connectivity index is 1.53. The molecule has 12 heteroatoms. The molecule has 5 aromatic rings. The number of rotatable bonds is 11. The fraction of sp³-hybridized carbons (Fsp3) is 0.167. The van der Waals surface area contributed by atoms with Gasteiger partial charge < -0.3 is 28.8 Å². The molecule has 54 heavy (non-hydrogen) atoms. The molecule has 1 saturated carbocycles. The number of alkyl halides is 1. The lowest BCUT2D eigenvalue weighted by atomic mass is 9.74. The van der Waals surface area contributed by atoms with Gasteiger partial charge in [0.25, 0.3) is 0 Å². The number of carbonyl (C=O) groups is 5. The third-order valence-corrected chi connectivity index (χ3v) is 8.69. The first-order valence-corrected chi connectivity index (χ1v) is 16.8. The summed E-state index contributed by atoms with van der Waals surface area (Å²) in [5, 5.41) is 12.4. The van der Waals surface area contributed by atoms with Gasteiger partial charge in [0.1, 0.15) is 6.67 Å². The van der Waals surface area contributed by atoms with Crippen molar-refractivity contribution in [2.75, 3.05) is 6.67 Å². The summed E-state index contributed by atoms with van der Waals surface area (Å²) >= 11 is 0. The maximum absolute atomic E-state index is 15.8. The summed E-state index contributed by atoms with van der Waals surface area (Å²) in [7, 11) is 0. The largest absolute Gasteiger partial charge is 0.451 e. The number of carbonyl (C=O) groups excluding carboxylic acids is 5. The van der Waals surface area contributed by atoms with Crippen molar-refractivity contribution >= 4 is 29.8 Å². The minimum absolute atomic E-state index is 0.000703. The van der Waals surface area contributed by atoms with Crippen LogP contribution in [0, 0.1) is 0 Å². The van der Waals surface area contributed by atoms with Crippen LogP contribution in [0.2, 0.25) is 0 Å². The van der Waals surface area contributed by atoms with E-state index in [4.69, 9.17) is 23.7 Å². The summed E-state index contributed by atoms with van der Waals surface area (Å²) in [6.45, 7) is -1.80. The topological polar surface area (TPSA) is 152 Å². The summed E-state index contributed by atoms with van der Waals surface area (Å²) in [5.41, 5.74) is -3.20. The highest BCUT2D eigenvalue weighted by Crippen LogP contribution is 2.41. The molecular formula is C42H33FO11. The van der Waals surface area contributed by atoms with E-state index in [2.05, 4.69) is 0 Å². The fourth-order valence-corrected chi connectivity index (χ4v) is 5.96. The molecule has 11 nitrogen and oxygen atoms in total. The molecule has 2 unspecified atom stereocenters. The van der Waals surface area contributed by atoms with Crippen molar-refractivity contribution in [3.8, 4) is 0 Å². The molecule has 6 atom stereocenters. The molecule has 0 radical (unpaired) electrons. The second kappa shape index (κ2) is 16.8. The van der Waals surface area contributed by atoms with Crippen LogP contribution >= 0.6 is 0 Å². The van der Waals surface area contributed by atoms with Crippen LogP contribution in [-0.4, -0.2) is 77.7 Å². The Hall–Kier alpha value is -6.66. The van der Waals surface area contributed by atoms with Crippen molar-refractivity contribution in [1.29, 1.82) is 0 Å². The third kappa shape index (κ3) is 8.19. The lowest BCUT2D eigenvalue weighted by molar-refractivity contribution is -0.268. The lowest BCUT2D eigenvalue weighted by Crippen LogP contribution is -2.75. The number of ether oxygens (including phenoxy) is 5. The monoisotopic (exact) mass is 732 g/mol. The quantitative estimate of drug-likeness (QED) is 0.129. The van der Waals surface area contributed by atoms with Gasteiger partial charge in [0, 0.05) is 0 Å². The van der Waals surface area contributed by atoms with Crippen molar-refractivity contribution in [1.82, 2.24) is 0 Å². The Bertz CT molecular complexity index is 1940. The van der Waals surface area contributed by atoms with E-state index in [1.807, 2.05) is 0 Å². The Morgan fingerprint density at radius 2 is 0.630 bits per heavy atom. The highest BCUT2D eigenvalue weighted by atomic mass is 19.1. The fourth-order valence-electron chi connectivity index (χ4n) is 5.96. The standard InChI is InChI=1S/C42H33FO11/c43-26-42(49)35(53-40(47)30-22-12-4-13-23-30)33(51-38(45)28-18-8-2-9-19-28)32(50-37(44)27-16-6-1-7-17-27)34(52-39(46)29-20-10-3-11-21-29)36(42)54-41(48)31-24-14-5-15-25-31/h1-25,32-36,49H,26H2/t32?,33-,34+,35+,36-,42?. The number of hydrogen-bond donors (Lipinski definition) is 1. The molecule has 274 valence electrons. The van der Waals surface area contributed by atoms with Gasteiger partial charge in [-0.15, -0.1) is 0 Å². The van der Waals surface area contributed by atoms with Gasteiger partial charge in [-0.2, -0.15) is 0 Å². The molecule has 0 saturated heterocycles. The summed E-state index contributed by atoms with van der Waals surface area (Å²) in [6.07, 6.45) is -10.6. The van der Waals surface area contributed by atoms with Crippen LogP contribution in [0.25, 0.3) is 0 Å². The SMILES string of the molecule is O=C(OC1[C@@H](OC(=O)c2ccccc2)[C@H](OC(=O)c2ccccc2)C(O)(CF)[C@H](OC(=O)c2ccccc2)[C@H]1OC(=O)c1ccccc1)c1ccccc1. The van der Waals surface area contributed by atoms with Crippen LogP contribution < -0.4 is 0 Å². The van der Waals surface area contributed by atoms with Crippen LogP contribution in [0.15, 0.2) is 152 Å². The van der Waals surface area contributed by atoms with Crippen LogP contribution in [0.4, 0.5) is 4.39 Å². The van der Waals surface area contributed by atoms with Crippen molar-refractivity contribution < 1.29 is 57.2 Å². The maximum atomic E-state index is 15.8. The second-order valence-corrected chi connectivity index (χ2v) is 12.2. The molecule has 0 aromatic heterocycles. The molecule has 1 aliphatic rings. The molecular weight excluding hydrogens is 699 g/mol. The van der Waals surface area contributed by atoms with Crippen molar-refractivity contribution in [3.05, 3.63) is 179 Å². The van der Waals surface area contributed by atoms with E-state index in [-0.39, 0.29) is 27.8 Å². The molecule has 5 aromatic carbocycles. The zero-order valence-electron chi connectivity index (χ0n) is 28.4. The van der Waals surface area contributed by atoms with E-state index < -0.39 is 72.6 Å². The molecule has 1 fully saturated rings. The van der Waals surface area contributed by atoms with E-state index in [0.717, 1.165) is 0 Å². The van der Waals surface area contributed by atoms with Gasteiger partial charge in [-0.25, -0.2) is 28.4 Å². The van der Waals surface area contributed by atoms with Gasteiger partial charge in [-0.1, -0.05) is 91.0 Å². The highest BCUT2D eigenvalue weighted by molar-refractivity contribution is 5.92. The molecule has 1 N–H and O–H groups in total. The average Bonchev–Trinajstić information content (AvgIpc) is 3.23. The first-order chi connectivity index (χ1) is 26.2. The first kappa shape index (κ1) is 37.1. The van der Waals surface area contributed by atoms with E-state index in [9.17, 15) is 29.1 Å². The minimum Gasteiger partial charge on any atom is -0.451 e. The highest BCUT2D eigenvalue weighted by Gasteiger charge is 2.67. The van der Waals surface area contributed by atoms with Crippen LogP contribution in [0.5, 0.6) is 0 Å². The van der Waals surface area contributed by atoms with Crippen molar-refractivity contribution in [2.45, 2.75) is 36.1 Å². The summed E-state index contributed by atoms with van der Waals surface area (Å²) < 4.78 is 45.0. The number of benzene rings is 5. The van der Waals surface area contributed by atoms with E-state index in [1.54, 1.807) is 66.7 Å². The van der Waals surface area contributed by atoms with Crippen LogP contribution in [-0.2, 0) is 23.7 Å². The second-order valence-electron chi connectivity index (χ2n) is 12.2. The molecule has 0 amide bonds. The predicted molar refractivity (Wildman–Crippen MR) is 189 cm³/mol. The molecule has 0 bridgehead atoms. The maximum Gasteiger partial charge on any atom is 0.338 e. The Kier molecular flexibility index (Phi) is 11.5. The van der Waals surface area contributed by atoms with Gasteiger partial charge in [-0.3, -0.25) is 0 Å².